The van der Waals surface area contributed by atoms with Crippen molar-refractivity contribution in [2.24, 2.45) is 14.1 Å². The third-order valence-electron chi connectivity index (χ3n) is 2.72. The number of benzene rings is 1. The average Bonchev–Trinajstić information content (AvgIpc) is 2.47. The highest BCUT2D eigenvalue weighted by molar-refractivity contribution is 5.56. The molecule has 0 amide bonds. The van der Waals surface area contributed by atoms with Gasteiger partial charge in [0.2, 0.25) is 5.69 Å². The largest absolute Gasteiger partial charge is 1.00 e. The molecule has 0 radical (unpaired) electrons. The van der Waals surface area contributed by atoms with Crippen LogP contribution >= 0.6 is 0 Å². The van der Waals surface area contributed by atoms with Gasteiger partial charge in [0.25, 0.3) is 0 Å². The summed E-state index contributed by atoms with van der Waals surface area (Å²) in [6, 6.07) is 12.6. The average molecular weight is 314 g/mol. The van der Waals surface area contributed by atoms with E-state index in [2.05, 4.69) is 60.7 Å². The molecule has 80 valence electrons. The van der Waals surface area contributed by atoms with Gasteiger partial charge in [-0.25, -0.2) is 0 Å². The third kappa shape index (κ3) is 2.22. The van der Waals surface area contributed by atoms with Crippen LogP contribution in [-0.4, -0.2) is 4.68 Å². The van der Waals surface area contributed by atoms with E-state index in [1.807, 2.05) is 6.07 Å². The summed E-state index contributed by atoms with van der Waals surface area (Å²) in [5.41, 5.74) is 3.79. The molecule has 0 aliphatic carbocycles. The highest BCUT2D eigenvalue weighted by Crippen LogP contribution is 2.15. The van der Waals surface area contributed by atoms with E-state index in [1.165, 1.54) is 17.0 Å². The second-order valence-corrected chi connectivity index (χ2v) is 3.58. The zero-order valence-electron chi connectivity index (χ0n) is 9.24. The number of rotatable bonds is 1. The summed E-state index contributed by atoms with van der Waals surface area (Å²) in [6.07, 6.45) is 0. The molecule has 0 unspecified atom stereocenters. The summed E-state index contributed by atoms with van der Waals surface area (Å²) < 4.78 is 4.30. The topological polar surface area (TPSA) is 8.81 Å². The van der Waals surface area contributed by atoms with Crippen molar-refractivity contribution in [1.29, 1.82) is 0 Å². The van der Waals surface area contributed by atoms with Crippen LogP contribution in [0.25, 0.3) is 11.3 Å². The summed E-state index contributed by atoms with van der Waals surface area (Å²) >= 11 is 0. The Morgan fingerprint density at radius 1 is 1.13 bits per heavy atom. The highest BCUT2D eigenvalue weighted by Gasteiger charge is 2.15. The number of aromatic nitrogens is 2. The maximum Gasteiger partial charge on any atom is 0.238 e. The summed E-state index contributed by atoms with van der Waals surface area (Å²) in [7, 11) is 4.15. The van der Waals surface area contributed by atoms with Gasteiger partial charge in [0.15, 0.2) is 7.05 Å². The molecule has 1 heterocycles. The number of aryl methyl sites for hydroxylation is 1. The number of nitrogens with zero attached hydrogens (tertiary/aromatic N) is 2. The first-order valence-electron chi connectivity index (χ1n) is 4.78. The van der Waals surface area contributed by atoms with Crippen LogP contribution < -0.4 is 28.7 Å². The minimum atomic E-state index is 0. The lowest BCUT2D eigenvalue weighted by atomic mass is 10.1. The molecule has 1 aromatic heterocycles. The van der Waals surface area contributed by atoms with Crippen molar-refractivity contribution in [2.75, 3.05) is 0 Å². The fourth-order valence-electron chi connectivity index (χ4n) is 1.66. The van der Waals surface area contributed by atoms with E-state index in [4.69, 9.17) is 0 Å². The van der Waals surface area contributed by atoms with Gasteiger partial charge in [-0.2, -0.15) is 4.68 Å². The Bertz CT molecular complexity index is 446. The lowest BCUT2D eigenvalue weighted by Crippen LogP contribution is -3.00. The predicted molar refractivity (Wildman–Crippen MR) is 56.8 cm³/mol. The maximum absolute atomic E-state index is 2.20. The lowest BCUT2D eigenvalue weighted by Gasteiger charge is -1.95. The van der Waals surface area contributed by atoms with Gasteiger partial charge in [-0.3, -0.25) is 0 Å². The Morgan fingerprint density at radius 2 is 1.73 bits per heavy atom. The van der Waals surface area contributed by atoms with E-state index in [0.717, 1.165) is 0 Å². The molecule has 15 heavy (non-hydrogen) atoms. The van der Waals surface area contributed by atoms with E-state index < -0.39 is 0 Å². The maximum atomic E-state index is 2.20. The Labute approximate surface area is 108 Å². The van der Waals surface area contributed by atoms with Crippen molar-refractivity contribution in [3.63, 3.8) is 0 Å². The van der Waals surface area contributed by atoms with E-state index in [-0.39, 0.29) is 24.0 Å². The van der Waals surface area contributed by atoms with Gasteiger partial charge >= 0.3 is 0 Å². The van der Waals surface area contributed by atoms with E-state index in [1.54, 1.807) is 0 Å². The number of hydrogen-bond donors (Lipinski definition) is 0. The summed E-state index contributed by atoms with van der Waals surface area (Å²) in [5, 5.41) is 0. The van der Waals surface area contributed by atoms with Gasteiger partial charge in [-0.05, 0) is 19.1 Å². The fourth-order valence-corrected chi connectivity index (χ4v) is 1.66. The van der Waals surface area contributed by atoms with Crippen molar-refractivity contribution in [2.45, 2.75) is 6.92 Å². The minimum absolute atomic E-state index is 0. The second-order valence-electron chi connectivity index (χ2n) is 3.58. The first kappa shape index (κ1) is 12.2. The molecule has 2 nitrogen and oxygen atoms in total. The molecule has 2 rings (SSSR count). The molecule has 2 aromatic rings. The molecule has 0 atom stereocenters. The van der Waals surface area contributed by atoms with Crippen molar-refractivity contribution in [3.05, 3.63) is 42.1 Å². The van der Waals surface area contributed by atoms with Crippen LogP contribution in [0.4, 0.5) is 0 Å². The van der Waals surface area contributed by atoms with Crippen LogP contribution in [0.5, 0.6) is 0 Å². The zero-order valence-corrected chi connectivity index (χ0v) is 11.4. The molecular weight excluding hydrogens is 299 g/mol. The van der Waals surface area contributed by atoms with Crippen molar-refractivity contribution in [1.82, 2.24) is 4.68 Å². The number of halogens is 1. The van der Waals surface area contributed by atoms with Crippen LogP contribution in [0.1, 0.15) is 5.69 Å². The van der Waals surface area contributed by atoms with Gasteiger partial charge in [-0.1, -0.05) is 18.2 Å². The monoisotopic (exact) mass is 314 g/mol. The Morgan fingerprint density at radius 3 is 2.20 bits per heavy atom. The van der Waals surface area contributed by atoms with Crippen LogP contribution in [0.2, 0.25) is 0 Å². The standard InChI is InChI=1S/C12H15N2.HI/c1-10-9-12(14(3)13(10)2)11-7-5-4-6-8-11;/h4-9H,1-3H3;1H/q+1;/p-1. The van der Waals surface area contributed by atoms with Gasteiger partial charge < -0.3 is 24.0 Å². The molecule has 3 heteroatoms. The zero-order chi connectivity index (χ0) is 10.1. The smallest absolute Gasteiger partial charge is 0.238 e. The molecule has 0 bridgehead atoms. The van der Waals surface area contributed by atoms with Crippen molar-refractivity contribution >= 4 is 0 Å². The molecule has 0 fully saturated rings. The van der Waals surface area contributed by atoms with Gasteiger partial charge in [0.1, 0.15) is 0 Å². The van der Waals surface area contributed by atoms with E-state index in [9.17, 15) is 0 Å². The first-order chi connectivity index (χ1) is 6.70. The quantitative estimate of drug-likeness (QED) is 0.463. The first-order valence-corrected chi connectivity index (χ1v) is 4.78. The van der Waals surface area contributed by atoms with E-state index >= 15 is 0 Å². The van der Waals surface area contributed by atoms with Crippen molar-refractivity contribution < 1.29 is 28.7 Å². The van der Waals surface area contributed by atoms with E-state index in [0.29, 0.717) is 0 Å². The third-order valence-corrected chi connectivity index (χ3v) is 2.72. The van der Waals surface area contributed by atoms with Crippen LogP contribution in [0.15, 0.2) is 36.4 Å². The van der Waals surface area contributed by atoms with Gasteiger partial charge in [-0.15, -0.1) is 4.68 Å². The summed E-state index contributed by atoms with van der Waals surface area (Å²) in [5.74, 6) is 0. The van der Waals surface area contributed by atoms with Crippen LogP contribution in [-0.2, 0) is 14.1 Å². The molecule has 0 saturated heterocycles. The predicted octanol–water partition coefficient (Wildman–Crippen LogP) is -1.17. The molecule has 1 aromatic carbocycles. The highest BCUT2D eigenvalue weighted by atomic mass is 127. The molecule has 0 N–H and O–H groups in total. The molecule has 0 spiro atoms. The summed E-state index contributed by atoms with van der Waals surface area (Å²) in [4.78, 5) is 0. The van der Waals surface area contributed by atoms with Crippen LogP contribution in [0.3, 0.4) is 0 Å². The fraction of sp³-hybridized carbons (Fsp3) is 0.250. The molecule has 0 saturated carbocycles. The van der Waals surface area contributed by atoms with Crippen molar-refractivity contribution in [3.8, 4) is 11.3 Å². The minimum Gasteiger partial charge on any atom is -1.00 e. The number of hydrogen-bond acceptors (Lipinski definition) is 0. The van der Waals surface area contributed by atoms with Gasteiger partial charge in [0, 0.05) is 11.6 Å². The summed E-state index contributed by atoms with van der Waals surface area (Å²) in [6.45, 7) is 2.12. The molecule has 0 aliphatic heterocycles. The Kier molecular flexibility index (Phi) is 3.90. The Hall–Kier alpha value is -0.840. The SMILES string of the molecule is Cc1cc(-c2ccccc2)[n+](C)n1C.[I-]. The molecule has 0 aliphatic rings. The second kappa shape index (κ2) is 4.79. The Balaban J connectivity index is 0.00000112. The molecular formula is C12H15IN2. The van der Waals surface area contributed by atoms with Crippen LogP contribution in [0, 0.1) is 6.92 Å². The lowest BCUT2D eigenvalue weighted by molar-refractivity contribution is -0.741. The van der Waals surface area contributed by atoms with Gasteiger partial charge in [0.05, 0.1) is 12.7 Å². The normalized spacial score (nSPS) is 9.80.